The Morgan fingerprint density at radius 1 is 0.692 bits per heavy atom. The highest BCUT2D eigenvalue weighted by Crippen LogP contribution is 2.40. The highest BCUT2D eigenvalue weighted by molar-refractivity contribution is 6.11. The van der Waals surface area contributed by atoms with Crippen molar-refractivity contribution in [3.8, 4) is 27.9 Å². The van der Waals surface area contributed by atoms with Crippen LogP contribution in [0.4, 0.5) is 0 Å². The van der Waals surface area contributed by atoms with E-state index in [0.717, 1.165) is 33.4 Å². The van der Waals surface area contributed by atoms with E-state index in [2.05, 4.69) is 145 Å². The molecule has 4 heteroatoms. The Morgan fingerprint density at radius 3 is 2.21 bits per heavy atom. The fourth-order valence-corrected chi connectivity index (χ4v) is 7.09. The van der Waals surface area contributed by atoms with E-state index in [0.29, 0.717) is 5.84 Å². The fourth-order valence-electron chi connectivity index (χ4n) is 7.09. The number of para-hydroxylation sites is 1. The second-order valence-electron chi connectivity index (χ2n) is 13.0. The van der Waals surface area contributed by atoms with Crippen LogP contribution in [0.2, 0.25) is 0 Å². The SMILES string of the molecule is C=C(/C=C\C=C/C)C(N=C(N=CN)c1cccc(-n2c3ccccc3c3cc(-c4cccc(C)c4-c4ccccc4C)ccc32)c1)c1ccccc1. The summed E-state index contributed by atoms with van der Waals surface area (Å²) in [5.41, 5.74) is 19.4. The number of fused-ring (bicyclic) bond motifs is 3. The molecular weight excluding hydrogens is 633 g/mol. The van der Waals surface area contributed by atoms with Gasteiger partial charge in [-0.3, -0.25) is 4.99 Å². The third-order valence-electron chi connectivity index (χ3n) is 9.56. The van der Waals surface area contributed by atoms with Crippen molar-refractivity contribution in [1.29, 1.82) is 0 Å². The van der Waals surface area contributed by atoms with Crippen LogP contribution >= 0.6 is 0 Å². The van der Waals surface area contributed by atoms with E-state index in [4.69, 9.17) is 10.7 Å². The van der Waals surface area contributed by atoms with Crippen LogP contribution in [0.5, 0.6) is 0 Å². The molecule has 1 unspecified atom stereocenters. The van der Waals surface area contributed by atoms with Gasteiger partial charge in [-0.1, -0.05) is 140 Å². The van der Waals surface area contributed by atoms with Crippen LogP contribution in [-0.4, -0.2) is 16.7 Å². The summed E-state index contributed by atoms with van der Waals surface area (Å²) in [4.78, 5) is 9.77. The standard InChI is InChI=1S/C48H42N4/c1-5-6-8-18-35(4)47(36-20-9-7-10-21-36)51-48(50-32-49)38-22-16-23-39(30-38)52-44-27-14-13-25-42(44)43-31-37(28-29-45(43)52)41-26-15-19-34(3)46(41)40-24-12-11-17-33(40)2/h5-32,47H,4H2,1-3H3,(H2,49,50,51)/b6-5-,18-8-. The van der Waals surface area contributed by atoms with E-state index in [1.165, 1.54) is 50.5 Å². The predicted molar refractivity (Wildman–Crippen MR) is 223 cm³/mol. The second kappa shape index (κ2) is 15.2. The lowest BCUT2D eigenvalue weighted by Crippen LogP contribution is -2.07. The number of nitrogens with two attached hydrogens (primary N) is 1. The number of benzene rings is 6. The molecule has 0 spiro atoms. The van der Waals surface area contributed by atoms with Gasteiger partial charge >= 0.3 is 0 Å². The minimum atomic E-state index is -0.345. The zero-order chi connectivity index (χ0) is 36.0. The molecule has 2 N–H and O–H groups in total. The number of aliphatic imine (C=N–C) groups is 2. The Bertz CT molecular complexity index is 2530. The largest absolute Gasteiger partial charge is 0.390 e. The fraction of sp³-hybridized carbons (Fsp3) is 0.0833. The lowest BCUT2D eigenvalue weighted by Gasteiger charge is -2.16. The molecule has 7 rings (SSSR count). The Labute approximate surface area is 306 Å². The number of rotatable bonds is 9. The van der Waals surface area contributed by atoms with Gasteiger partial charge in [-0.25, -0.2) is 4.99 Å². The maximum atomic E-state index is 5.94. The number of hydrogen-bond donors (Lipinski definition) is 1. The summed E-state index contributed by atoms with van der Waals surface area (Å²) < 4.78 is 2.33. The quantitative estimate of drug-likeness (QED) is 0.0925. The highest BCUT2D eigenvalue weighted by atomic mass is 15.0. The molecule has 1 heterocycles. The Hall–Kier alpha value is -6.52. The van der Waals surface area contributed by atoms with Crippen LogP contribution < -0.4 is 5.73 Å². The lowest BCUT2D eigenvalue weighted by atomic mass is 9.88. The molecular formula is C48H42N4. The molecule has 0 amide bonds. The lowest BCUT2D eigenvalue weighted by molar-refractivity contribution is 0.873. The summed E-state index contributed by atoms with van der Waals surface area (Å²) in [7, 11) is 0. The van der Waals surface area contributed by atoms with E-state index in [9.17, 15) is 0 Å². The summed E-state index contributed by atoms with van der Waals surface area (Å²) in [5.74, 6) is 0.532. The van der Waals surface area contributed by atoms with E-state index in [-0.39, 0.29) is 6.04 Å². The zero-order valence-corrected chi connectivity index (χ0v) is 29.9. The first-order valence-corrected chi connectivity index (χ1v) is 17.6. The van der Waals surface area contributed by atoms with Crippen molar-refractivity contribution in [2.75, 3.05) is 0 Å². The number of aryl methyl sites for hydroxylation is 2. The molecule has 52 heavy (non-hydrogen) atoms. The molecule has 0 saturated carbocycles. The Kier molecular flexibility index (Phi) is 9.90. The van der Waals surface area contributed by atoms with Gasteiger partial charge in [-0.05, 0) is 95.6 Å². The minimum absolute atomic E-state index is 0.345. The van der Waals surface area contributed by atoms with Crippen LogP contribution in [-0.2, 0) is 0 Å². The Morgan fingerprint density at radius 2 is 1.40 bits per heavy atom. The number of nitrogens with zero attached hydrogens (tertiary/aromatic N) is 3. The summed E-state index contributed by atoms with van der Waals surface area (Å²) in [6.07, 6.45) is 9.26. The third kappa shape index (κ3) is 6.67. The molecule has 0 radical (unpaired) electrons. The average molecular weight is 675 g/mol. The van der Waals surface area contributed by atoms with Gasteiger partial charge in [-0.2, -0.15) is 0 Å². The molecule has 0 aliphatic carbocycles. The van der Waals surface area contributed by atoms with Crippen molar-refractivity contribution in [2.45, 2.75) is 26.8 Å². The van der Waals surface area contributed by atoms with Crippen molar-refractivity contribution < 1.29 is 0 Å². The molecule has 0 bridgehead atoms. The second-order valence-corrected chi connectivity index (χ2v) is 13.0. The zero-order valence-electron chi connectivity index (χ0n) is 29.9. The molecule has 6 aromatic carbocycles. The molecule has 254 valence electrons. The predicted octanol–water partition coefficient (Wildman–Crippen LogP) is 11.9. The minimum Gasteiger partial charge on any atom is -0.390 e. The summed E-state index contributed by atoms with van der Waals surface area (Å²) in [6, 6.07) is 48.9. The average Bonchev–Trinajstić information content (AvgIpc) is 3.51. The number of aromatic nitrogens is 1. The molecule has 0 aliphatic rings. The van der Waals surface area contributed by atoms with Crippen LogP contribution in [0, 0.1) is 13.8 Å². The van der Waals surface area contributed by atoms with Gasteiger partial charge in [0.25, 0.3) is 0 Å². The first-order valence-electron chi connectivity index (χ1n) is 17.6. The maximum absolute atomic E-state index is 5.94. The van der Waals surface area contributed by atoms with Gasteiger partial charge in [0.15, 0.2) is 5.84 Å². The molecule has 1 aromatic heterocycles. The summed E-state index contributed by atoms with van der Waals surface area (Å²) in [5, 5.41) is 2.38. The van der Waals surface area contributed by atoms with Gasteiger partial charge in [-0.15, -0.1) is 0 Å². The van der Waals surface area contributed by atoms with Crippen molar-refractivity contribution in [2.24, 2.45) is 15.7 Å². The summed E-state index contributed by atoms with van der Waals surface area (Å²) in [6.45, 7) is 10.8. The molecule has 4 nitrogen and oxygen atoms in total. The van der Waals surface area contributed by atoms with Crippen molar-refractivity contribution in [3.63, 3.8) is 0 Å². The van der Waals surface area contributed by atoms with Crippen LogP contribution in [0.25, 0.3) is 49.7 Å². The third-order valence-corrected chi connectivity index (χ3v) is 9.56. The maximum Gasteiger partial charge on any atom is 0.157 e. The molecule has 0 fully saturated rings. The van der Waals surface area contributed by atoms with Gasteiger partial charge in [0.2, 0.25) is 0 Å². The Balaban J connectivity index is 1.37. The van der Waals surface area contributed by atoms with Gasteiger partial charge in [0.05, 0.1) is 17.4 Å². The summed E-state index contributed by atoms with van der Waals surface area (Å²) >= 11 is 0. The number of hydrogen-bond acceptors (Lipinski definition) is 1. The molecule has 7 aromatic rings. The van der Waals surface area contributed by atoms with E-state index >= 15 is 0 Å². The smallest absolute Gasteiger partial charge is 0.157 e. The van der Waals surface area contributed by atoms with E-state index in [1.807, 2.05) is 55.5 Å². The first kappa shape index (κ1) is 34.0. The van der Waals surface area contributed by atoms with Crippen molar-refractivity contribution >= 4 is 34.0 Å². The van der Waals surface area contributed by atoms with Crippen molar-refractivity contribution in [1.82, 2.24) is 4.57 Å². The van der Waals surface area contributed by atoms with Crippen molar-refractivity contribution in [3.05, 3.63) is 198 Å². The number of allylic oxidation sites excluding steroid dienone is 3. The number of amidine groups is 1. The molecule has 0 saturated heterocycles. The molecule has 0 aliphatic heterocycles. The van der Waals surface area contributed by atoms with Gasteiger partial charge in [0, 0.05) is 22.0 Å². The topological polar surface area (TPSA) is 55.7 Å². The van der Waals surface area contributed by atoms with Gasteiger partial charge in [0.1, 0.15) is 6.04 Å². The first-order chi connectivity index (χ1) is 25.5. The highest BCUT2D eigenvalue weighted by Gasteiger charge is 2.18. The normalized spacial score (nSPS) is 12.9. The molecule has 1 atom stereocenters. The van der Waals surface area contributed by atoms with E-state index in [1.54, 1.807) is 0 Å². The van der Waals surface area contributed by atoms with Crippen LogP contribution in [0.15, 0.2) is 186 Å². The van der Waals surface area contributed by atoms with E-state index < -0.39 is 0 Å². The van der Waals surface area contributed by atoms with Gasteiger partial charge < -0.3 is 10.3 Å². The van der Waals surface area contributed by atoms with Crippen LogP contribution in [0.1, 0.15) is 35.2 Å². The van der Waals surface area contributed by atoms with Crippen LogP contribution in [0.3, 0.4) is 0 Å². The monoisotopic (exact) mass is 674 g/mol.